The molecule has 2 aromatic carbocycles. The van der Waals surface area contributed by atoms with Gasteiger partial charge in [0.25, 0.3) is 5.56 Å². The molecule has 0 atom stereocenters. The molecule has 7 heteroatoms. The second-order valence-corrected chi connectivity index (χ2v) is 6.70. The second-order valence-electron chi connectivity index (χ2n) is 5.33. The Hall–Kier alpha value is -2.18. The van der Waals surface area contributed by atoms with Crippen molar-refractivity contribution in [1.82, 2.24) is 9.55 Å². The number of nitrogens with zero attached hydrogens (tertiary/aromatic N) is 2. The number of hydrogen-bond acceptors (Lipinski definition) is 3. The zero-order valence-corrected chi connectivity index (χ0v) is 14.7. The molecule has 0 bridgehead atoms. The van der Waals surface area contributed by atoms with Gasteiger partial charge in [0, 0.05) is 28.7 Å². The molecule has 0 saturated heterocycles. The molecule has 0 amide bonds. The predicted molar refractivity (Wildman–Crippen MR) is 95.5 cm³/mol. The highest BCUT2D eigenvalue weighted by Gasteiger charge is 2.12. The Kier molecular flexibility index (Phi) is 5.20. The van der Waals surface area contributed by atoms with Gasteiger partial charge in [0.1, 0.15) is 11.6 Å². The van der Waals surface area contributed by atoms with Crippen molar-refractivity contribution in [1.29, 1.82) is 0 Å². The Balaban J connectivity index is 1.91. The highest BCUT2D eigenvalue weighted by atomic mass is 35.5. The summed E-state index contributed by atoms with van der Waals surface area (Å²) in [6.45, 7) is 1.65. The van der Waals surface area contributed by atoms with Crippen LogP contribution in [0.25, 0.3) is 5.69 Å². The molecule has 128 valence electrons. The van der Waals surface area contributed by atoms with Gasteiger partial charge in [0.2, 0.25) is 0 Å². The van der Waals surface area contributed by atoms with Gasteiger partial charge in [-0.25, -0.2) is 13.8 Å². The maximum Gasteiger partial charge on any atom is 0.287 e. The smallest absolute Gasteiger partial charge is 0.280 e. The van der Waals surface area contributed by atoms with Gasteiger partial charge in [-0.05, 0) is 36.8 Å². The first-order valence-electron chi connectivity index (χ1n) is 7.37. The summed E-state index contributed by atoms with van der Waals surface area (Å²) >= 11 is 7.08. The molecule has 0 spiro atoms. The first-order valence-corrected chi connectivity index (χ1v) is 8.73. The van der Waals surface area contributed by atoms with Crippen molar-refractivity contribution in [2.45, 2.75) is 17.7 Å². The lowest BCUT2D eigenvalue weighted by atomic mass is 10.2. The van der Waals surface area contributed by atoms with E-state index >= 15 is 0 Å². The first-order chi connectivity index (χ1) is 12.0. The number of benzene rings is 2. The van der Waals surface area contributed by atoms with Crippen molar-refractivity contribution >= 4 is 23.4 Å². The third-order valence-electron chi connectivity index (χ3n) is 3.66. The zero-order chi connectivity index (χ0) is 18.0. The van der Waals surface area contributed by atoms with E-state index in [-0.39, 0.29) is 10.8 Å². The van der Waals surface area contributed by atoms with Crippen LogP contribution in [0.4, 0.5) is 8.78 Å². The van der Waals surface area contributed by atoms with E-state index in [2.05, 4.69) is 4.98 Å². The molecule has 0 aliphatic heterocycles. The summed E-state index contributed by atoms with van der Waals surface area (Å²) in [6.07, 6.45) is 2.91. The Morgan fingerprint density at radius 3 is 2.72 bits per heavy atom. The van der Waals surface area contributed by atoms with Gasteiger partial charge < -0.3 is 0 Å². The van der Waals surface area contributed by atoms with Crippen molar-refractivity contribution in [2.24, 2.45) is 0 Å². The van der Waals surface area contributed by atoms with Crippen molar-refractivity contribution in [3.05, 3.63) is 86.9 Å². The molecular formula is C18H13ClF2N2OS. The van der Waals surface area contributed by atoms with Crippen molar-refractivity contribution in [3.8, 4) is 5.69 Å². The van der Waals surface area contributed by atoms with Gasteiger partial charge in [-0.15, -0.1) is 0 Å². The Morgan fingerprint density at radius 2 is 2.00 bits per heavy atom. The van der Waals surface area contributed by atoms with Gasteiger partial charge in [-0.2, -0.15) is 0 Å². The average molecular weight is 379 g/mol. The van der Waals surface area contributed by atoms with E-state index in [9.17, 15) is 13.6 Å². The van der Waals surface area contributed by atoms with Crippen LogP contribution in [-0.4, -0.2) is 9.55 Å². The van der Waals surface area contributed by atoms with Crippen LogP contribution in [0.3, 0.4) is 0 Å². The monoisotopic (exact) mass is 378 g/mol. The number of halogens is 3. The van der Waals surface area contributed by atoms with Crippen LogP contribution in [0, 0.1) is 18.6 Å². The highest BCUT2D eigenvalue weighted by molar-refractivity contribution is 7.98. The molecule has 25 heavy (non-hydrogen) atoms. The molecule has 0 aliphatic rings. The van der Waals surface area contributed by atoms with Gasteiger partial charge in [-0.1, -0.05) is 35.5 Å². The first kappa shape index (κ1) is 17.6. The second kappa shape index (κ2) is 7.37. The van der Waals surface area contributed by atoms with E-state index in [0.717, 1.165) is 11.8 Å². The minimum absolute atomic E-state index is 0.167. The zero-order valence-electron chi connectivity index (χ0n) is 13.2. The van der Waals surface area contributed by atoms with Gasteiger partial charge in [0.15, 0.2) is 5.03 Å². The minimum Gasteiger partial charge on any atom is -0.280 e. The molecule has 0 saturated carbocycles. The number of aryl methyl sites for hydroxylation is 1. The fourth-order valence-corrected chi connectivity index (χ4v) is 3.48. The normalized spacial score (nSPS) is 10.9. The molecule has 0 fully saturated rings. The molecule has 1 heterocycles. The molecule has 0 N–H and O–H groups in total. The quantitative estimate of drug-likeness (QED) is 0.614. The van der Waals surface area contributed by atoms with Gasteiger partial charge in [0.05, 0.1) is 5.69 Å². The Bertz CT molecular complexity index is 971. The van der Waals surface area contributed by atoms with Gasteiger partial charge in [-0.3, -0.25) is 9.36 Å². The van der Waals surface area contributed by atoms with Crippen LogP contribution in [0.15, 0.2) is 58.6 Å². The molecule has 3 rings (SSSR count). The van der Waals surface area contributed by atoms with E-state index in [0.29, 0.717) is 21.8 Å². The molecule has 0 unspecified atom stereocenters. The largest absolute Gasteiger partial charge is 0.287 e. The Morgan fingerprint density at radius 1 is 1.20 bits per heavy atom. The van der Waals surface area contributed by atoms with Crippen molar-refractivity contribution < 1.29 is 8.78 Å². The summed E-state index contributed by atoms with van der Waals surface area (Å²) < 4.78 is 28.9. The summed E-state index contributed by atoms with van der Waals surface area (Å²) in [5.74, 6) is -0.662. The summed E-state index contributed by atoms with van der Waals surface area (Å²) in [5.41, 5.74) is 0.811. The highest BCUT2D eigenvalue weighted by Crippen LogP contribution is 2.26. The molecule has 0 aliphatic carbocycles. The van der Waals surface area contributed by atoms with Crippen molar-refractivity contribution in [3.63, 3.8) is 0 Å². The van der Waals surface area contributed by atoms with E-state index in [1.807, 2.05) is 0 Å². The van der Waals surface area contributed by atoms with E-state index < -0.39 is 17.2 Å². The minimum atomic E-state index is -0.433. The predicted octanol–water partition coefficient (Wildman–Crippen LogP) is 4.76. The van der Waals surface area contributed by atoms with Crippen LogP contribution in [0.5, 0.6) is 0 Å². The summed E-state index contributed by atoms with van der Waals surface area (Å²) in [6, 6.07) is 8.97. The third-order valence-corrected chi connectivity index (χ3v) is 5.00. The summed E-state index contributed by atoms with van der Waals surface area (Å²) in [4.78, 5) is 16.6. The third kappa shape index (κ3) is 3.75. The lowest BCUT2D eigenvalue weighted by Gasteiger charge is -2.09. The van der Waals surface area contributed by atoms with Crippen LogP contribution in [0.2, 0.25) is 5.02 Å². The molecule has 1 aromatic heterocycles. The molecular weight excluding hydrogens is 366 g/mol. The molecule has 0 radical (unpaired) electrons. The van der Waals surface area contributed by atoms with E-state index in [1.54, 1.807) is 25.1 Å². The standard InChI is InChI=1S/C18H13ClF2N2OS/c1-11-5-6-12(9-16(11)21)23-8-7-22-17(18(23)24)25-10-13-14(19)3-2-4-15(13)20/h2-9H,10H2,1H3. The number of aromatic nitrogens is 2. The SMILES string of the molecule is Cc1ccc(-n2ccnc(SCc3c(F)cccc3Cl)c2=O)cc1F. The fraction of sp³-hybridized carbons (Fsp3) is 0.111. The fourth-order valence-electron chi connectivity index (χ4n) is 2.24. The molecule has 3 nitrogen and oxygen atoms in total. The van der Waals surface area contributed by atoms with Crippen LogP contribution < -0.4 is 5.56 Å². The summed E-state index contributed by atoms with van der Waals surface area (Å²) in [5, 5.41) is 0.479. The van der Waals surface area contributed by atoms with Gasteiger partial charge >= 0.3 is 0 Å². The maximum atomic E-state index is 13.8. The number of rotatable bonds is 4. The van der Waals surface area contributed by atoms with Crippen molar-refractivity contribution in [2.75, 3.05) is 0 Å². The van der Waals surface area contributed by atoms with E-state index in [1.165, 1.54) is 35.2 Å². The summed E-state index contributed by atoms with van der Waals surface area (Å²) in [7, 11) is 0. The Labute approximate surface area is 152 Å². The van der Waals surface area contributed by atoms with Crippen LogP contribution >= 0.6 is 23.4 Å². The van der Waals surface area contributed by atoms with E-state index in [4.69, 9.17) is 11.6 Å². The molecule has 3 aromatic rings. The lowest BCUT2D eigenvalue weighted by Crippen LogP contribution is -2.20. The maximum absolute atomic E-state index is 13.8. The lowest BCUT2D eigenvalue weighted by molar-refractivity contribution is 0.616. The van der Waals surface area contributed by atoms with Crippen LogP contribution in [0.1, 0.15) is 11.1 Å². The number of thioether (sulfide) groups is 1. The average Bonchev–Trinajstić information content (AvgIpc) is 2.58. The van der Waals surface area contributed by atoms with Crippen LogP contribution in [-0.2, 0) is 5.75 Å². The topological polar surface area (TPSA) is 34.9 Å². The number of hydrogen-bond donors (Lipinski definition) is 0.